The van der Waals surface area contributed by atoms with Crippen LogP contribution in [0.25, 0.3) is 5.57 Å². The van der Waals surface area contributed by atoms with E-state index in [0.29, 0.717) is 12.8 Å². The molecule has 3 rings (SSSR count). The molecule has 0 aliphatic heterocycles. The highest BCUT2D eigenvalue weighted by Crippen LogP contribution is 2.58. The number of aliphatic hydroxyl groups excluding tert-OH is 1. The molecule has 7 nitrogen and oxygen atoms in total. The SMILES string of the molecule is CCCC12CCC(=O)C=C1c1c(cc(OCC(=O)N[C@@H](CO)C(=O)O)c(Cl)c1Cl)C2. The molecule has 9 heteroatoms. The summed E-state index contributed by atoms with van der Waals surface area (Å²) in [5, 5.41) is 20.5. The first kappa shape index (κ1) is 22.6. The van der Waals surface area contributed by atoms with E-state index in [1.807, 2.05) is 0 Å². The van der Waals surface area contributed by atoms with Gasteiger partial charge in [-0.2, -0.15) is 0 Å². The third-order valence-corrected chi connectivity index (χ3v) is 6.53. The van der Waals surface area contributed by atoms with Crippen molar-refractivity contribution in [2.75, 3.05) is 13.2 Å². The van der Waals surface area contributed by atoms with E-state index < -0.39 is 31.1 Å². The van der Waals surface area contributed by atoms with Crippen LogP contribution in [0.4, 0.5) is 0 Å². The number of benzene rings is 1. The van der Waals surface area contributed by atoms with Gasteiger partial charge in [0.15, 0.2) is 12.4 Å². The topological polar surface area (TPSA) is 113 Å². The molecule has 0 bridgehead atoms. The number of amides is 1. The number of aliphatic hydroxyl groups is 1. The number of carbonyl (C=O) groups is 3. The average molecular weight is 456 g/mol. The quantitative estimate of drug-likeness (QED) is 0.555. The van der Waals surface area contributed by atoms with Gasteiger partial charge < -0.3 is 20.3 Å². The van der Waals surface area contributed by atoms with Crippen LogP contribution in [-0.4, -0.2) is 47.1 Å². The van der Waals surface area contributed by atoms with Gasteiger partial charge in [-0.1, -0.05) is 36.5 Å². The van der Waals surface area contributed by atoms with Crippen molar-refractivity contribution in [2.24, 2.45) is 5.41 Å². The summed E-state index contributed by atoms with van der Waals surface area (Å²) in [6.07, 6.45) is 5.53. The Morgan fingerprint density at radius 3 is 2.70 bits per heavy atom. The van der Waals surface area contributed by atoms with Gasteiger partial charge in [-0.3, -0.25) is 9.59 Å². The maximum Gasteiger partial charge on any atom is 0.328 e. The average Bonchev–Trinajstić information content (AvgIpc) is 3.01. The third kappa shape index (κ3) is 4.19. The van der Waals surface area contributed by atoms with Gasteiger partial charge in [0, 0.05) is 17.4 Å². The van der Waals surface area contributed by atoms with Crippen LogP contribution >= 0.6 is 23.2 Å². The van der Waals surface area contributed by atoms with Crippen LogP contribution in [0, 0.1) is 5.41 Å². The number of hydrogen-bond donors (Lipinski definition) is 3. The second kappa shape index (κ2) is 8.96. The fourth-order valence-corrected chi connectivity index (χ4v) is 4.87. The molecule has 2 atom stereocenters. The number of hydrogen-bond acceptors (Lipinski definition) is 5. The number of carbonyl (C=O) groups excluding carboxylic acids is 2. The lowest BCUT2D eigenvalue weighted by molar-refractivity contribution is -0.143. The van der Waals surface area contributed by atoms with E-state index in [-0.39, 0.29) is 27.0 Å². The van der Waals surface area contributed by atoms with Gasteiger partial charge in [0.1, 0.15) is 16.8 Å². The van der Waals surface area contributed by atoms with E-state index >= 15 is 0 Å². The largest absolute Gasteiger partial charge is 0.482 e. The minimum absolute atomic E-state index is 0.0747. The van der Waals surface area contributed by atoms with Gasteiger partial charge in [-0.15, -0.1) is 0 Å². The van der Waals surface area contributed by atoms with Crippen molar-refractivity contribution in [3.8, 4) is 5.75 Å². The fourth-order valence-electron chi connectivity index (χ4n) is 4.35. The summed E-state index contributed by atoms with van der Waals surface area (Å²) in [7, 11) is 0. The molecule has 1 aromatic rings. The number of nitrogens with one attached hydrogen (secondary N) is 1. The first-order valence-electron chi connectivity index (χ1n) is 9.74. The van der Waals surface area contributed by atoms with Crippen molar-refractivity contribution < 1.29 is 29.3 Å². The van der Waals surface area contributed by atoms with Gasteiger partial charge in [-0.25, -0.2) is 4.79 Å². The summed E-state index contributed by atoms with van der Waals surface area (Å²) in [6.45, 7) is 0.879. The lowest BCUT2D eigenvalue weighted by Crippen LogP contribution is -2.45. The monoisotopic (exact) mass is 455 g/mol. The molecule has 0 aromatic heterocycles. The van der Waals surface area contributed by atoms with Gasteiger partial charge >= 0.3 is 5.97 Å². The Kier molecular flexibility index (Phi) is 6.75. The molecule has 0 fully saturated rings. The Labute approximate surface area is 184 Å². The van der Waals surface area contributed by atoms with Crippen LogP contribution in [-0.2, 0) is 20.8 Å². The van der Waals surface area contributed by atoms with Crippen molar-refractivity contribution >= 4 is 46.4 Å². The van der Waals surface area contributed by atoms with Crippen molar-refractivity contribution in [1.82, 2.24) is 5.32 Å². The van der Waals surface area contributed by atoms with Crippen LogP contribution in [0.2, 0.25) is 10.0 Å². The number of carboxylic acids is 1. The molecule has 0 spiro atoms. The molecule has 1 unspecified atom stereocenters. The van der Waals surface area contributed by atoms with Crippen LogP contribution in [0.5, 0.6) is 5.75 Å². The summed E-state index contributed by atoms with van der Waals surface area (Å²) < 4.78 is 5.51. The predicted molar refractivity (Wildman–Crippen MR) is 112 cm³/mol. The van der Waals surface area contributed by atoms with Crippen molar-refractivity contribution in [3.63, 3.8) is 0 Å². The summed E-state index contributed by atoms with van der Waals surface area (Å²) in [4.78, 5) is 35.0. The number of ether oxygens (including phenoxy) is 1. The van der Waals surface area contributed by atoms with Crippen LogP contribution < -0.4 is 10.1 Å². The normalized spacial score (nSPS) is 20.8. The zero-order chi connectivity index (χ0) is 22.1. The predicted octanol–water partition coefficient (Wildman–Crippen LogP) is 3.02. The smallest absolute Gasteiger partial charge is 0.328 e. The number of carboxylic acid groups (broad SMARTS) is 1. The minimum Gasteiger partial charge on any atom is -0.482 e. The Balaban J connectivity index is 1.85. The lowest BCUT2D eigenvalue weighted by atomic mass is 9.70. The van der Waals surface area contributed by atoms with E-state index in [4.69, 9.17) is 38.2 Å². The van der Waals surface area contributed by atoms with Crippen molar-refractivity contribution in [2.45, 2.75) is 45.1 Å². The number of halogens is 2. The molecule has 0 radical (unpaired) electrons. The molecule has 2 aliphatic rings. The highest BCUT2D eigenvalue weighted by molar-refractivity contribution is 6.44. The second-order valence-corrected chi connectivity index (χ2v) is 8.45. The molecule has 3 N–H and O–H groups in total. The van der Waals surface area contributed by atoms with Gasteiger partial charge in [0.2, 0.25) is 0 Å². The minimum atomic E-state index is -1.42. The molecule has 0 heterocycles. The number of fused-ring (bicyclic) bond motifs is 3. The highest BCUT2D eigenvalue weighted by Gasteiger charge is 2.45. The van der Waals surface area contributed by atoms with Gasteiger partial charge in [-0.05, 0) is 42.5 Å². The summed E-state index contributed by atoms with van der Waals surface area (Å²) in [6, 6.07) is 0.320. The summed E-state index contributed by atoms with van der Waals surface area (Å²) >= 11 is 13.0. The standard InChI is InChI=1S/C21H23Cl2NO6/c1-2-4-21-5-3-12(26)7-13(21)17-11(8-21)6-15(18(22)19(17)23)30-10-16(27)24-14(9-25)20(28)29/h6-7,14,25H,2-5,8-10H2,1H3,(H,24,27)(H,28,29)/t14-,21?/m0/s1. The fraction of sp³-hybridized carbons (Fsp3) is 0.476. The lowest BCUT2D eigenvalue weighted by Gasteiger charge is -2.33. The highest BCUT2D eigenvalue weighted by atomic mass is 35.5. The zero-order valence-corrected chi connectivity index (χ0v) is 18.0. The van der Waals surface area contributed by atoms with Crippen molar-refractivity contribution in [1.29, 1.82) is 0 Å². The Hall–Kier alpha value is -2.09. The maximum atomic E-state index is 12.1. The Bertz CT molecular complexity index is 929. The zero-order valence-electron chi connectivity index (χ0n) is 16.5. The van der Waals surface area contributed by atoms with E-state index in [1.54, 1.807) is 12.1 Å². The number of rotatable bonds is 8. The number of allylic oxidation sites excluding steroid dienone is 2. The van der Waals surface area contributed by atoms with Crippen molar-refractivity contribution in [3.05, 3.63) is 33.3 Å². The molecule has 162 valence electrons. The molecule has 0 saturated heterocycles. The molecular formula is C21H23Cl2NO6. The summed E-state index contributed by atoms with van der Waals surface area (Å²) in [5.41, 5.74) is 2.46. The van der Waals surface area contributed by atoms with Gasteiger partial charge in [0.05, 0.1) is 11.6 Å². The molecule has 2 aliphatic carbocycles. The van der Waals surface area contributed by atoms with E-state index in [1.165, 1.54) is 0 Å². The first-order chi connectivity index (χ1) is 14.2. The first-order valence-corrected chi connectivity index (χ1v) is 10.5. The summed E-state index contributed by atoms with van der Waals surface area (Å²) in [5.74, 6) is -1.78. The number of ketones is 1. The third-order valence-electron chi connectivity index (χ3n) is 5.68. The molecule has 1 amide bonds. The molecule has 30 heavy (non-hydrogen) atoms. The van der Waals surface area contributed by atoms with Crippen LogP contribution in [0.1, 0.15) is 43.7 Å². The second-order valence-electron chi connectivity index (χ2n) is 7.70. The van der Waals surface area contributed by atoms with E-state index in [2.05, 4.69) is 12.2 Å². The molecular weight excluding hydrogens is 433 g/mol. The van der Waals surface area contributed by atoms with Crippen LogP contribution in [0.15, 0.2) is 12.1 Å². The Morgan fingerprint density at radius 1 is 1.33 bits per heavy atom. The van der Waals surface area contributed by atoms with E-state index in [9.17, 15) is 14.4 Å². The van der Waals surface area contributed by atoms with Crippen LogP contribution in [0.3, 0.4) is 0 Å². The Morgan fingerprint density at radius 2 is 2.07 bits per heavy atom. The number of aliphatic carboxylic acids is 1. The molecule has 0 saturated carbocycles. The van der Waals surface area contributed by atoms with E-state index in [0.717, 1.165) is 36.0 Å². The van der Waals surface area contributed by atoms with Gasteiger partial charge in [0.25, 0.3) is 5.91 Å². The maximum absolute atomic E-state index is 12.1. The molecule has 1 aromatic carbocycles.